The van der Waals surface area contributed by atoms with Crippen molar-refractivity contribution in [1.29, 1.82) is 0 Å². The van der Waals surface area contributed by atoms with Crippen molar-refractivity contribution in [2.75, 3.05) is 0 Å². The predicted molar refractivity (Wildman–Crippen MR) is 41.6 cm³/mol. The van der Waals surface area contributed by atoms with Crippen LogP contribution in [0.15, 0.2) is 0 Å². The molecule has 0 saturated carbocycles. The molecule has 0 aromatic heterocycles. The molecular weight excluding hydrogens is 168 g/mol. The molecular formula is C7H11ClO3. The van der Waals surface area contributed by atoms with E-state index in [2.05, 4.69) is 0 Å². The molecule has 0 aliphatic carbocycles. The number of hydrogen-bond donors (Lipinski definition) is 1. The first-order valence-electron chi connectivity index (χ1n) is 3.53. The van der Waals surface area contributed by atoms with Crippen LogP contribution in [0.3, 0.4) is 0 Å². The van der Waals surface area contributed by atoms with E-state index >= 15 is 0 Å². The zero-order valence-electron chi connectivity index (χ0n) is 6.18. The second-order valence-corrected chi connectivity index (χ2v) is 2.73. The molecule has 1 N–H and O–H groups in total. The molecule has 0 radical (unpaired) electrons. The Labute approximate surface area is 70.3 Å². The minimum absolute atomic E-state index is 0.177. The maximum atomic E-state index is 10.2. The molecule has 0 aromatic rings. The van der Waals surface area contributed by atoms with Gasteiger partial charge in [-0.15, -0.1) is 0 Å². The number of unbranched alkanes of at least 4 members (excludes halogenated alkanes) is 2. The molecule has 64 valence electrons. The normalized spacial score (nSPS) is 9.55. The van der Waals surface area contributed by atoms with Gasteiger partial charge in [0.05, 0.1) is 0 Å². The maximum absolute atomic E-state index is 10.2. The molecule has 0 spiro atoms. The monoisotopic (exact) mass is 178 g/mol. The fourth-order valence-electron chi connectivity index (χ4n) is 0.717. The fraction of sp³-hybridized carbons (Fsp3) is 0.714. The lowest BCUT2D eigenvalue weighted by Crippen LogP contribution is -1.94. The van der Waals surface area contributed by atoms with Gasteiger partial charge in [-0.2, -0.15) is 0 Å². The Hall–Kier alpha value is -0.570. The fourth-order valence-corrected chi connectivity index (χ4v) is 0.851. The highest BCUT2D eigenvalue weighted by atomic mass is 35.5. The average molecular weight is 179 g/mol. The Kier molecular flexibility index (Phi) is 5.84. The molecule has 0 aliphatic heterocycles. The predicted octanol–water partition coefficient (Wildman–Crippen LogP) is 1.79. The summed E-state index contributed by atoms with van der Waals surface area (Å²) in [7, 11) is 0. The molecule has 4 heteroatoms. The van der Waals surface area contributed by atoms with E-state index in [-0.39, 0.29) is 11.7 Å². The van der Waals surface area contributed by atoms with Crippen LogP contribution in [-0.4, -0.2) is 16.3 Å². The minimum Gasteiger partial charge on any atom is -0.481 e. The van der Waals surface area contributed by atoms with Gasteiger partial charge < -0.3 is 5.11 Å². The molecule has 0 saturated heterocycles. The average Bonchev–Trinajstić information content (AvgIpc) is 1.85. The lowest BCUT2D eigenvalue weighted by atomic mass is 10.1. The zero-order chi connectivity index (χ0) is 8.69. The molecule has 0 heterocycles. The van der Waals surface area contributed by atoms with Crippen molar-refractivity contribution in [3.8, 4) is 0 Å². The Morgan fingerprint density at radius 2 is 1.64 bits per heavy atom. The zero-order valence-corrected chi connectivity index (χ0v) is 6.93. The summed E-state index contributed by atoms with van der Waals surface area (Å²) in [6.45, 7) is 0. The smallest absolute Gasteiger partial charge is 0.303 e. The van der Waals surface area contributed by atoms with Crippen molar-refractivity contribution in [2.24, 2.45) is 0 Å². The largest absolute Gasteiger partial charge is 0.481 e. The van der Waals surface area contributed by atoms with Crippen LogP contribution in [0.4, 0.5) is 0 Å². The van der Waals surface area contributed by atoms with Crippen LogP contribution in [-0.2, 0) is 9.59 Å². The van der Waals surface area contributed by atoms with Gasteiger partial charge in [-0.05, 0) is 24.4 Å². The van der Waals surface area contributed by atoms with Crippen molar-refractivity contribution in [2.45, 2.75) is 32.1 Å². The highest BCUT2D eigenvalue weighted by Crippen LogP contribution is 2.04. The topological polar surface area (TPSA) is 54.4 Å². The lowest BCUT2D eigenvalue weighted by Gasteiger charge is -1.94. The van der Waals surface area contributed by atoms with Crippen LogP contribution in [0.5, 0.6) is 0 Å². The summed E-state index contributed by atoms with van der Waals surface area (Å²) in [6.07, 6.45) is 2.59. The van der Waals surface area contributed by atoms with Crippen molar-refractivity contribution in [3.63, 3.8) is 0 Å². The second kappa shape index (κ2) is 6.16. The van der Waals surface area contributed by atoms with Crippen molar-refractivity contribution in [3.05, 3.63) is 0 Å². The molecule has 0 aromatic carbocycles. The summed E-state index contributed by atoms with van der Waals surface area (Å²) in [6, 6.07) is 0. The van der Waals surface area contributed by atoms with E-state index < -0.39 is 5.97 Å². The molecule has 3 nitrogen and oxygen atoms in total. The first kappa shape index (κ1) is 10.4. The van der Waals surface area contributed by atoms with Crippen LogP contribution >= 0.6 is 11.6 Å². The number of aliphatic carboxylic acids is 1. The van der Waals surface area contributed by atoms with Crippen LogP contribution in [0.2, 0.25) is 0 Å². The van der Waals surface area contributed by atoms with Crippen LogP contribution in [0.25, 0.3) is 0 Å². The third-order valence-corrected chi connectivity index (χ3v) is 1.45. The first-order valence-corrected chi connectivity index (χ1v) is 3.91. The first-order chi connectivity index (χ1) is 5.13. The van der Waals surface area contributed by atoms with E-state index in [4.69, 9.17) is 16.7 Å². The van der Waals surface area contributed by atoms with Gasteiger partial charge in [0.25, 0.3) is 0 Å². The molecule has 0 aliphatic rings. The van der Waals surface area contributed by atoms with Crippen LogP contribution < -0.4 is 0 Å². The number of rotatable bonds is 6. The van der Waals surface area contributed by atoms with E-state index in [1.807, 2.05) is 0 Å². The number of carboxylic acid groups (broad SMARTS) is 1. The molecule has 0 bridgehead atoms. The molecule has 11 heavy (non-hydrogen) atoms. The van der Waals surface area contributed by atoms with Gasteiger partial charge in [0.15, 0.2) is 0 Å². The highest BCUT2D eigenvalue weighted by Gasteiger charge is 1.98. The Morgan fingerprint density at radius 3 is 2.09 bits per heavy atom. The van der Waals surface area contributed by atoms with Gasteiger partial charge in [-0.25, -0.2) is 0 Å². The van der Waals surface area contributed by atoms with Gasteiger partial charge in [0, 0.05) is 12.8 Å². The second-order valence-electron chi connectivity index (χ2n) is 2.31. The number of carboxylic acids is 1. The van der Waals surface area contributed by atoms with Gasteiger partial charge in [-0.3, -0.25) is 9.59 Å². The molecule has 0 rings (SSSR count). The van der Waals surface area contributed by atoms with Crippen molar-refractivity contribution < 1.29 is 14.7 Å². The number of carbonyl (C=O) groups is 2. The Morgan fingerprint density at radius 1 is 1.09 bits per heavy atom. The van der Waals surface area contributed by atoms with Gasteiger partial charge in [0.2, 0.25) is 5.24 Å². The van der Waals surface area contributed by atoms with Gasteiger partial charge in [-0.1, -0.05) is 6.42 Å². The minimum atomic E-state index is -0.790. The quantitative estimate of drug-likeness (QED) is 0.498. The molecule has 0 fully saturated rings. The van der Waals surface area contributed by atoms with Crippen LogP contribution in [0.1, 0.15) is 32.1 Å². The highest BCUT2D eigenvalue weighted by molar-refractivity contribution is 6.63. The molecule has 0 unspecified atom stereocenters. The summed E-state index contributed by atoms with van der Waals surface area (Å²) in [5, 5.41) is 7.88. The third-order valence-electron chi connectivity index (χ3n) is 1.26. The third kappa shape index (κ3) is 9.43. The maximum Gasteiger partial charge on any atom is 0.303 e. The van der Waals surface area contributed by atoms with E-state index in [0.29, 0.717) is 19.3 Å². The lowest BCUT2D eigenvalue weighted by molar-refractivity contribution is -0.137. The molecule has 0 amide bonds. The standard InChI is InChI=1S/C7H11ClO3/c8-6(9)4-2-1-3-5-7(10)11/h1-5H2,(H,10,11). The Balaban J connectivity index is 3.03. The Bertz CT molecular complexity index is 129. The van der Waals surface area contributed by atoms with E-state index in [1.54, 1.807) is 0 Å². The van der Waals surface area contributed by atoms with E-state index in [0.717, 1.165) is 6.42 Å². The number of hydrogen-bond acceptors (Lipinski definition) is 2. The SMILES string of the molecule is O=C(O)CCCCCC(=O)Cl. The van der Waals surface area contributed by atoms with Gasteiger partial charge in [0.1, 0.15) is 0 Å². The van der Waals surface area contributed by atoms with Gasteiger partial charge >= 0.3 is 5.97 Å². The number of carbonyl (C=O) groups excluding carboxylic acids is 1. The molecule has 0 atom stereocenters. The van der Waals surface area contributed by atoms with E-state index in [9.17, 15) is 9.59 Å². The number of halogens is 1. The van der Waals surface area contributed by atoms with Crippen LogP contribution in [0, 0.1) is 0 Å². The van der Waals surface area contributed by atoms with Crippen molar-refractivity contribution >= 4 is 22.8 Å². The summed E-state index contributed by atoms with van der Waals surface area (Å²) in [4.78, 5) is 20.2. The summed E-state index contributed by atoms with van der Waals surface area (Å²) >= 11 is 5.06. The summed E-state index contributed by atoms with van der Waals surface area (Å²) in [5.41, 5.74) is 0. The summed E-state index contributed by atoms with van der Waals surface area (Å²) in [5.74, 6) is -0.790. The summed E-state index contributed by atoms with van der Waals surface area (Å²) < 4.78 is 0. The van der Waals surface area contributed by atoms with Crippen molar-refractivity contribution in [1.82, 2.24) is 0 Å². The van der Waals surface area contributed by atoms with E-state index in [1.165, 1.54) is 0 Å².